The van der Waals surface area contributed by atoms with Gasteiger partial charge in [-0.15, -0.1) is 0 Å². The molecule has 5 nitrogen and oxygen atoms in total. The molecule has 0 N–H and O–H groups in total. The van der Waals surface area contributed by atoms with Crippen LogP contribution in [-0.2, 0) is 0 Å². The smallest absolute Gasteiger partial charge is 0.276 e. The highest BCUT2D eigenvalue weighted by Gasteiger charge is 2.15. The van der Waals surface area contributed by atoms with Crippen LogP contribution in [0.15, 0.2) is 36.4 Å². The Balaban J connectivity index is 2.43. The van der Waals surface area contributed by atoms with E-state index in [0.29, 0.717) is 11.8 Å². The Morgan fingerprint density at radius 1 is 1.25 bits per heavy atom. The number of carbonyl (C=O) groups is 1. The van der Waals surface area contributed by atoms with E-state index in [0.717, 1.165) is 12.1 Å². The van der Waals surface area contributed by atoms with Gasteiger partial charge in [0.2, 0.25) is 0 Å². The molecule has 2 rings (SSSR count). The lowest BCUT2D eigenvalue weighted by Crippen LogP contribution is -1.96. The van der Waals surface area contributed by atoms with Gasteiger partial charge in [0.15, 0.2) is 6.29 Å². The third kappa shape index (κ3) is 2.64. The van der Waals surface area contributed by atoms with Gasteiger partial charge >= 0.3 is 0 Å². The minimum atomic E-state index is -0.560. The fourth-order valence-electron chi connectivity index (χ4n) is 1.73. The summed E-state index contributed by atoms with van der Waals surface area (Å²) in [5.74, 6) is -0.172. The van der Waals surface area contributed by atoms with Crippen LogP contribution in [0.2, 0.25) is 0 Å². The third-order valence-corrected chi connectivity index (χ3v) is 2.77. The van der Waals surface area contributed by atoms with Crippen LogP contribution in [0.5, 0.6) is 11.5 Å². The highest BCUT2D eigenvalue weighted by molar-refractivity contribution is 5.79. The van der Waals surface area contributed by atoms with Crippen LogP contribution in [0.1, 0.15) is 15.9 Å². The van der Waals surface area contributed by atoms with Gasteiger partial charge in [0, 0.05) is 6.07 Å². The van der Waals surface area contributed by atoms with E-state index in [9.17, 15) is 19.3 Å². The number of nitro benzene ring substituents is 1. The molecule has 2 aromatic rings. The monoisotopic (exact) mass is 275 g/mol. The second kappa shape index (κ2) is 5.48. The molecule has 0 spiro atoms. The van der Waals surface area contributed by atoms with Crippen LogP contribution in [0.25, 0.3) is 0 Å². The van der Waals surface area contributed by atoms with Gasteiger partial charge in [-0.2, -0.15) is 0 Å². The maximum Gasteiger partial charge on any atom is 0.276 e. The molecule has 0 heterocycles. The molecule has 20 heavy (non-hydrogen) atoms. The van der Waals surface area contributed by atoms with Crippen LogP contribution in [0.3, 0.4) is 0 Å². The van der Waals surface area contributed by atoms with Crippen molar-refractivity contribution in [3.05, 3.63) is 63.5 Å². The molecule has 6 heteroatoms. The molecule has 0 fully saturated rings. The quantitative estimate of drug-likeness (QED) is 0.485. The van der Waals surface area contributed by atoms with Crippen molar-refractivity contribution >= 4 is 12.0 Å². The van der Waals surface area contributed by atoms with Crippen LogP contribution in [0, 0.1) is 22.9 Å². The summed E-state index contributed by atoms with van der Waals surface area (Å²) in [6.45, 7) is 1.54. The number of ether oxygens (including phenoxy) is 1. The van der Waals surface area contributed by atoms with Gasteiger partial charge in [-0.1, -0.05) is 6.07 Å². The van der Waals surface area contributed by atoms with Crippen molar-refractivity contribution in [2.45, 2.75) is 6.92 Å². The van der Waals surface area contributed by atoms with Gasteiger partial charge in [-0.3, -0.25) is 14.9 Å². The Hall–Kier alpha value is -2.76. The Kier molecular flexibility index (Phi) is 3.74. The lowest BCUT2D eigenvalue weighted by molar-refractivity contribution is -0.385. The number of nitro groups is 1. The minimum Gasteiger partial charge on any atom is -0.456 e. The Labute approximate surface area is 113 Å². The van der Waals surface area contributed by atoms with E-state index in [-0.39, 0.29) is 22.7 Å². The van der Waals surface area contributed by atoms with E-state index >= 15 is 0 Å². The highest BCUT2D eigenvalue weighted by Crippen LogP contribution is 2.32. The topological polar surface area (TPSA) is 69.4 Å². The second-order valence-corrected chi connectivity index (χ2v) is 4.06. The third-order valence-electron chi connectivity index (χ3n) is 2.77. The van der Waals surface area contributed by atoms with Crippen molar-refractivity contribution in [3.63, 3.8) is 0 Å². The molecule has 0 aliphatic carbocycles. The Bertz CT molecular complexity index is 685. The van der Waals surface area contributed by atoms with E-state index in [2.05, 4.69) is 0 Å². The van der Waals surface area contributed by atoms with E-state index in [1.165, 1.54) is 25.1 Å². The van der Waals surface area contributed by atoms with Crippen molar-refractivity contribution in [1.82, 2.24) is 0 Å². The minimum absolute atomic E-state index is 0.0379. The fraction of sp³-hybridized carbons (Fsp3) is 0.0714. The first-order valence-corrected chi connectivity index (χ1v) is 5.69. The molecular formula is C14H10FNO4. The number of nitrogens with zero attached hydrogens (tertiary/aromatic N) is 1. The van der Waals surface area contributed by atoms with Gasteiger partial charge in [0.05, 0.1) is 16.1 Å². The molecular weight excluding hydrogens is 265 g/mol. The molecule has 0 atom stereocenters. The SMILES string of the molecule is Cc1c(Oc2ccc(F)cc2C=O)cccc1[N+](=O)[O-]. The van der Waals surface area contributed by atoms with Crippen LogP contribution in [-0.4, -0.2) is 11.2 Å². The molecule has 0 saturated carbocycles. The molecule has 0 amide bonds. The molecule has 0 aromatic heterocycles. The maximum absolute atomic E-state index is 13.0. The number of hydrogen-bond donors (Lipinski definition) is 0. The Morgan fingerprint density at radius 2 is 2.00 bits per heavy atom. The Morgan fingerprint density at radius 3 is 2.65 bits per heavy atom. The number of carbonyl (C=O) groups excluding carboxylic acids is 1. The average Bonchev–Trinajstić information content (AvgIpc) is 2.42. The van der Waals surface area contributed by atoms with Crippen molar-refractivity contribution in [1.29, 1.82) is 0 Å². The lowest BCUT2D eigenvalue weighted by Gasteiger charge is -2.10. The van der Waals surface area contributed by atoms with Crippen molar-refractivity contribution in [2.24, 2.45) is 0 Å². The number of aldehydes is 1. The van der Waals surface area contributed by atoms with Crippen LogP contribution >= 0.6 is 0 Å². The summed E-state index contributed by atoms with van der Waals surface area (Å²) >= 11 is 0. The molecule has 0 saturated heterocycles. The van der Waals surface area contributed by atoms with E-state index in [1.807, 2.05) is 0 Å². The fourth-order valence-corrected chi connectivity index (χ4v) is 1.73. The normalized spacial score (nSPS) is 10.1. The van der Waals surface area contributed by atoms with Crippen molar-refractivity contribution in [3.8, 4) is 11.5 Å². The summed E-state index contributed by atoms with van der Waals surface area (Å²) in [6, 6.07) is 7.86. The molecule has 0 aliphatic rings. The van der Waals surface area contributed by atoms with Crippen molar-refractivity contribution in [2.75, 3.05) is 0 Å². The number of benzene rings is 2. The molecule has 0 aliphatic heterocycles. The predicted octanol–water partition coefficient (Wildman–Crippen LogP) is 3.65. The molecule has 2 aromatic carbocycles. The first kappa shape index (κ1) is 13.7. The van der Waals surface area contributed by atoms with Gasteiger partial charge < -0.3 is 4.74 Å². The summed E-state index contributed by atoms with van der Waals surface area (Å²) in [6.07, 6.45) is 0.463. The molecule has 0 bridgehead atoms. The average molecular weight is 275 g/mol. The van der Waals surface area contributed by atoms with E-state index < -0.39 is 10.7 Å². The van der Waals surface area contributed by atoms with Crippen LogP contribution in [0.4, 0.5) is 10.1 Å². The predicted molar refractivity (Wildman–Crippen MR) is 69.7 cm³/mol. The summed E-state index contributed by atoms with van der Waals surface area (Å²) in [5, 5.41) is 10.8. The van der Waals surface area contributed by atoms with Gasteiger partial charge in [-0.05, 0) is 31.2 Å². The van der Waals surface area contributed by atoms with Gasteiger partial charge in [0.25, 0.3) is 5.69 Å². The van der Waals surface area contributed by atoms with Crippen molar-refractivity contribution < 1.29 is 18.8 Å². The zero-order valence-electron chi connectivity index (χ0n) is 10.5. The number of halogens is 1. The summed E-state index contributed by atoms with van der Waals surface area (Å²) in [5.41, 5.74) is 0.284. The summed E-state index contributed by atoms with van der Waals surface area (Å²) < 4.78 is 18.5. The summed E-state index contributed by atoms with van der Waals surface area (Å²) in [7, 11) is 0. The zero-order valence-corrected chi connectivity index (χ0v) is 10.5. The molecule has 0 radical (unpaired) electrons. The second-order valence-electron chi connectivity index (χ2n) is 4.06. The summed E-state index contributed by atoms with van der Waals surface area (Å²) in [4.78, 5) is 21.2. The number of hydrogen-bond acceptors (Lipinski definition) is 4. The lowest BCUT2D eigenvalue weighted by atomic mass is 10.1. The highest BCUT2D eigenvalue weighted by atomic mass is 19.1. The first-order chi connectivity index (χ1) is 9.52. The van der Waals surface area contributed by atoms with Crippen LogP contribution < -0.4 is 4.74 Å². The largest absolute Gasteiger partial charge is 0.456 e. The maximum atomic E-state index is 13.0. The molecule has 0 unspecified atom stereocenters. The van der Waals surface area contributed by atoms with Gasteiger partial charge in [0.1, 0.15) is 17.3 Å². The van der Waals surface area contributed by atoms with E-state index in [1.54, 1.807) is 6.07 Å². The first-order valence-electron chi connectivity index (χ1n) is 5.69. The van der Waals surface area contributed by atoms with E-state index in [4.69, 9.17) is 4.74 Å². The van der Waals surface area contributed by atoms with Gasteiger partial charge in [-0.25, -0.2) is 4.39 Å². The number of rotatable bonds is 4. The zero-order chi connectivity index (χ0) is 14.7. The standard InChI is InChI=1S/C14H10FNO4/c1-9-12(16(18)19)3-2-4-13(9)20-14-6-5-11(15)7-10(14)8-17/h2-8H,1H3. The molecule has 102 valence electrons.